The molecule has 1 N–H and O–H groups in total. The number of aliphatic hydroxyl groups excluding tert-OH is 1. The predicted molar refractivity (Wildman–Crippen MR) is 55.4 cm³/mol. The molecule has 0 spiro atoms. The largest absolute Gasteiger partial charge is 0.391 e. The van der Waals surface area contributed by atoms with Crippen molar-refractivity contribution in [2.75, 3.05) is 11.5 Å². The lowest BCUT2D eigenvalue weighted by Crippen LogP contribution is -2.36. The lowest BCUT2D eigenvalue weighted by molar-refractivity contribution is 0.0293. The molecule has 3 unspecified atom stereocenters. The number of hydrogen-bond acceptors (Lipinski definition) is 3. The van der Waals surface area contributed by atoms with E-state index in [4.69, 9.17) is 5.26 Å². The highest BCUT2D eigenvalue weighted by atomic mass is 32.2. The highest BCUT2D eigenvalue weighted by molar-refractivity contribution is 7.99. The fourth-order valence-electron chi connectivity index (χ4n) is 1.68. The Balaban J connectivity index is 2.64. The summed E-state index contributed by atoms with van der Waals surface area (Å²) >= 11 is 1.88. The van der Waals surface area contributed by atoms with Gasteiger partial charge in [-0.1, -0.05) is 6.92 Å². The van der Waals surface area contributed by atoms with Crippen molar-refractivity contribution in [3.8, 4) is 6.07 Å². The quantitative estimate of drug-likeness (QED) is 0.756. The summed E-state index contributed by atoms with van der Waals surface area (Å²) in [6.07, 6.45) is 1.34. The van der Waals surface area contributed by atoms with Crippen LogP contribution in [0.3, 0.4) is 0 Å². The van der Waals surface area contributed by atoms with Crippen molar-refractivity contribution < 1.29 is 5.11 Å². The van der Waals surface area contributed by atoms with Crippen molar-refractivity contribution in [2.45, 2.75) is 32.8 Å². The zero-order valence-corrected chi connectivity index (χ0v) is 9.10. The lowest BCUT2D eigenvalue weighted by Gasteiger charge is -2.30. The van der Waals surface area contributed by atoms with Crippen molar-refractivity contribution >= 4 is 11.8 Å². The van der Waals surface area contributed by atoms with E-state index >= 15 is 0 Å². The minimum atomic E-state index is -0.546. The van der Waals surface area contributed by atoms with E-state index < -0.39 is 11.5 Å². The molecule has 1 aliphatic rings. The van der Waals surface area contributed by atoms with Crippen LogP contribution in [0.2, 0.25) is 0 Å². The molecule has 3 atom stereocenters. The molecule has 13 heavy (non-hydrogen) atoms. The molecular weight excluding hydrogens is 182 g/mol. The summed E-state index contributed by atoms with van der Waals surface area (Å²) < 4.78 is 0. The fraction of sp³-hybridized carbons (Fsp3) is 0.900. The first kappa shape index (κ1) is 10.9. The molecule has 0 aliphatic carbocycles. The molecule has 74 valence electrons. The number of aliphatic hydroxyl groups is 1. The molecule has 1 rings (SSSR count). The Labute approximate surface area is 84.3 Å². The minimum Gasteiger partial charge on any atom is -0.391 e. The number of thioether (sulfide) groups is 1. The van der Waals surface area contributed by atoms with Crippen molar-refractivity contribution in [1.82, 2.24) is 0 Å². The molecule has 0 bridgehead atoms. The van der Waals surface area contributed by atoms with Crippen molar-refractivity contribution in [1.29, 1.82) is 5.26 Å². The summed E-state index contributed by atoms with van der Waals surface area (Å²) in [4.78, 5) is 0. The molecule has 0 radical (unpaired) electrons. The normalized spacial score (nSPS) is 29.2. The van der Waals surface area contributed by atoms with Crippen LogP contribution in [0.4, 0.5) is 0 Å². The van der Waals surface area contributed by atoms with Crippen LogP contribution in [0.1, 0.15) is 26.7 Å². The summed E-state index contributed by atoms with van der Waals surface area (Å²) in [6.45, 7) is 3.83. The van der Waals surface area contributed by atoms with E-state index in [2.05, 4.69) is 6.07 Å². The summed E-state index contributed by atoms with van der Waals surface area (Å²) in [5, 5.41) is 19.0. The van der Waals surface area contributed by atoms with Gasteiger partial charge in [-0.05, 0) is 37.2 Å². The third-order valence-corrected chi connectivity index (χ3v) is 4.24. The Morgan fingerprint density at radius 1 is 1.77 bits per heavy atom. The molecular formula is C10H17NOS. The molecule has 0 saturated carbocycles. The van der Waals surface area contributed by atoms with E-state index in [1.807, 2.05) is 25.6 Å². The van der Waals surface area contributed by atoms with E-state index in [0.717, 1.165) is 24.3 Å². The van der Waals surface area contributed by atoms with E-state index in [0.29, 0.717) is 5.92 Å². The zero-order valence-electron chi connectivity index (χ0n) is 8.29. The molecule has 0 amide bonds. The van der Waals surface area contributed by atoms with Gasteiger partial charge in [-0.2, -0.15) is 17.0 Å². The number of nitriles is 1. The van der Waals surface area contributed by atoms with Gasteiger partial charge >= 0.3 is 0 Å². The third-order valence-electron chi connectivity index (χ3n) is 3.05. The van der Waals surface area contributed by atoms with Crippen LogP contribution < -0.4 is 0 Å². The topological polar surface area (TPSA) is 44.0 Å². The Kier molecular flexibility index (Phi) is 3.63. The number of hydrogen-bond donors (Lipinski definition) is 1. The van der Waals surface area contributed by atoms with Gasteiger partial charge in [-0.15, -0.1) is 0 Å². The maximum absolute atomic E-state index is 10.0. The first-order valence-electron chi connectivity index (χ1n) is 4.81. The third kappa shape index (κ3) is 2.18. The smallest absolute Gasteiger partial charge is 0.0804 e. The predicted octanol–water partition coefficient (Wildman–Crippen LogP) is 2.04. The molecule has 1 saturated heterocycles. The number of nitrogens with zero attached hydrogens (tertiary/aromatic N) is 1. The van der Waals surface area contributed by atoms with Gasteiger partial charge in [0.05, 0.1) is 17.6 Å². The summed E-state index contributed by atoms with van der Waals surface area (Å²) in [5.41, 5.74) is -0.546. The Bertz CT molecular complexity index is 207. The molecule has 1 heterocycles. The van der Waals surface area contributed by atoms with E-state index in [9.17, 15) is 5.11 Å². The van der Waals surface area contributed by atoms with Gasteiger partial charge in [-0.3, -0.25) is 0 Å². The van der Waals surface area contributed by atoms with Crippen LogP contribution in [-0.4, -0.2) is 22.7 Å². The van der Waals surface area contributed by atoms with Crippen molar-refractivity contribution in [2.24, 2.45) is 11.3 Å². The van der Waals surface area contributed by atoms with Gasteiger partial charge in [0.15, 0.2) is 0 Å². The fourth-order valence-corrected chi connectivity index (χ4v) is 2.96. The van der Waals surface area contributed by atoms with Gasteiger partial charge in [-0.25, -0.2) is 0 Å². The highest BCUT2D eigenvalue weighted by Gasteiger charge is 2.38. The van der Waals surface area contributed by atoms with Crippen LogP contribution in [0.5, 0.6) is 0 Å². The minimum absolute atomic E-state index is 0.328. The Morgan fingerprint density at radius 3 is 2.85 bits per heavy atom. The van der Waals surface area contributed by atoms with Crippen LogP contribution in [-0.2, 0) is 0 Å². The second-order valence-electron chi connectivity index (χ2n) is 3.95. The Hall–Kier alpha value is -0.200. The SMILES string of the molecule is CCC(C)(C#N)C(O)C1CCSC1. The van der Waals surface area contributed by atoms with Crippen LogP contribution in [0.15, 0.2) is 0 Å². The molecule has 3 heteroatoms. The second kappa shape index (κ2) is 4.34. The first-order valence-corrected chi connectivity index (χ1v) is 5.96. The summed E-state index contributed by atoms with van der Waals surface area (Å²) in [5.74, 6) is 2.47. The van der Waals surface area contributed by atoms with E-state index in [1.165, 1.54) is 0 Å². The van der Waals surface area contributed by atoms with Crippen molar-refractivity contribution in [3.05, 3.63) is 0 Å². The number of rotatable bonds is 3. The maximum Gasteiger partial charge on any atom is 0.0804 e. The standard InChI is InChI=1S/C10H17NOS/c1-3-10(2,7-11)9(12)8-4-5-13-6-8/h8-9,12H,3-6H2,1-2H3. The zero-order chi connectivity index (χ0) is 9.90. The highest BCUT2D eigenvalue weighted by Crippen LogP contribution is 2.36. The molecule has 1 aliphatic heterocycles. The van der Waals surface area contributed by atoms with Gasteiger partial charge in [0.25, 0.3) is 0 Å². The maximum atomic E-state index is 10.0. The first-order chi connectivity index (χ1) is 6.14. The molecule has 2 nitrogen and oxygen atoms in total. The lowest BCUT2D eigenvalue weighted by atomic mass is 9.77. The summed E-state index contributed by atoms with van der Waals surface area (Å²) in [6, 6.07) is 2.25. The van der Waals surface area contributed by atoms with Crippen LogP contribution in [0, 0.1) is 22.7 Å². The average molecular weight is 199 g/mol. The van der Waals surface area contributed by atoms with Crippen LogP contribution >= 0.6 is 11.8 Å². The summed E-state index contributed by atoms with van der Waals surface area (Å²) in [7, 11) is 0. The van der Waals surface area contributed by atoms with Gasteiger partial charge in [0.1, 0.15) is 0 Å². The second-order valence-corrected chi connectivity index (χ2v) is 5.10. The van der Waals surface area contributed by atoms with Gasteiger partial charge in [0, 0.05) is 0 Å². The van der Waals surface area contributed by atoms with Crippen LogP contribution in [0.25, 0.3) is 0 Å². The van der Waals surface area contributed by atoms with Gasteiger partial charge < -0.3 is 5.11 Å². The molecule has 0 aromatic heterocycles. The van der Waals surface area contributed by atoms with Crippen molar-refractivity contribution in [3.63, 3.8) is 0 Å². The average Bonchev–Trinajstić information content (AvgIpc) is 2.68. The molecule has 1 fully saturated rings. The Morgan fingerprint density at radius 2 is 2.46 bits per heavy atom. The van der Waals surface area contributed by atoms with E-state index in [1.54, 1.807) is 0 Å². The molecule has 0 aromatic rings. The monoisotopic (exact) mass is 199 g/mol. The van der Waals surface area contributed by atoms with Gasteiger partial charge in [0.2, 0.25) is 0 Å². The van der Waals surface area contributed by atoms with E-state index in [-0.39, 0.29) is 0 Å². The molecule has 0 aromatic carbocycles.